The fraction of sp³-hybridized carbons (Fsp3) is 0. The van der Waals surface area contributed by atoms with Crippen LogP contribution in [0.25, 0.3) is 10.2 Å². The standard InChI is InChI=1S/C6H2Cl2N2O2S2/c7-5-3-1-4(14(8,11)12)13-6(3)10-2-9-5/h1-2H. The molecular weight excluding hydrogens is 267 g/mol. The third-order valence-electron chi connectivity index (χ3n) is 1.50. The predicted molar refractivity (Wildman–Crippen MR) is 55.5 cm³/mol. The maximum atomic E-state index is 11.0. The molecule has 0 unspecified atom stereocenters. The number of fused-ring (bicyclic) bond motifs is 1. The van der Waals surface area contributed by atoms with Gasteiger partial charge in [0.25, 0.3) is 9.05 Å². The highest BCUT2D eigenvalue weighted by molar-refractivity contribution is 8.15. The zero-order valence-electron chi connectivity index (χ0n) is 6.44. The van der Waals surface area contributed by atoms with Crippen molar-refractivity contribution in [3.8, 4) is 0 Å². The Morgan fingerprint density at radius 1 is 1.36 bits per heavy atom. The highest BCUT2D eigenvalue weighted by Crippen LogP contribution is 2.32. The van der Waals surface area contributed by atoms with E-state index in [0.717, 1.165) is 11.3 Å². The fourth-order valence-corrected chi connectivity index (χ4v) is 3.21. The molecule has 0 N–H and O–H groups in total. The molecule has 2 aromatic rings. The molecule has 0 spiro atoms. The first-order chi connectivity index (χ1) is 6.48. The molecule has 0 aliphatic heterocycles. The minimum absolute atomic E-state index is 0.0246. The first-order valence-electron chi connectivity index (χ1n) is 3.33. The van der Waals surface area contributed by atoms with E-state index in [0.29, 0.717) is 10.2 Å². The second-order valence-electron chi connectivity index (χ2n) is 2.39. The maximum Gasteiger partial charge on any atom is 0.270 e. The number of halogens is 2. The van der Waals surface area contributed by atoms with Gasteiger partial charge < -0.3 is 0 Å². The van der Waals surface area contributed by atoms with Crippen molar-refractivity contribution in [1.82, 2.24) is 9.97 Å². The Hall–Kier alpha value is -0.430. The minimum Gasteiger partial charge on any atom is -0.225 e. The van der Waals surface area contributed by atoms with Crippen molar-refractivity contribution in [1.29, 1.82) is 0 Å². The van der Waals surface area contributed by atoms with E-state index in [9.17, 15) is 8.42 Å². The van der Waals surface area contributed by atoms with Gasteiger partial charge in [-0.3, -0.25) is 0 Å². The van der Waals surface area contributed by atoms with Gasteiger partial charge in [-0.15, -0.1) is 11.3 Å². The van der Waals surface area contributed by atoms with Crippen LogP contribution >= 0.6 is 33.6 Å². The lowest BCUT2D eigenvalue weighted by molar-refractivity contribution is 0.611. The van der Waals surface area contributed by atoms with E-state index in [2.05, 4.69) is 9.97 Å². The van der Waals surface area contributed by atoms with E-state index in [1.54, 1.807) is 0 Å². The number of hydrogen-bond acceptors (Lipinski definition) is 5. The molecule has 0 aliphatic carbocycles. The largest absolute Gasteiger partial charge is 0.270 e. The summed E-state index contributed by atoms with van der Waals surface area (Å²) in [6, 6.07) is 1.37. The molecule has 0 bridgehead atoms. The van der Waals surface area contributed by atoms with Gasteiger partial charge in [-0.25, -0.2) is 18.4 Å². The van der Waals surface area contributed by atoms with Crippen LogP contribution in [0.1, 0.15) is 0 Å². The molecule has 2 heterocycles. The van der Waals surface area contributed by atoms with Crippen LogP contribution in [0.3, 0.4) is 0 Å². The Morgan fingerprint density at radius 3 is 2.64 bits per heavy atom. The van der Waals surface area contributed by atoms with Gasteiger partial charge >= 0.3 is 0 Å². The molecular formula is C6H2Cl2N2O2S2. The second-order valence-corrected chi connectivity index (χ2v) is 6.57. The van der Waals surface area contributed by atoms with E-state index in [-0.39, 0.29) is 9.36 Å². The molecule has 2 aromatic heterocycles. The summed E-state index contributed by atoms with van der Waals surface area (Å²) in [6.45, 7) is 0. The number of aromatic nitrogens is 2. The summed E-state index contributed by atoms with van der Waals surface area (Å²) in [6.07, 6.45) is 1.27. The van der Waals surface area contributed by atoms with Gasteiger partial charge in [0.2, 0.25) is 0 Å². The van der Waals surface area contributed by atoms with Crippen LogP contribution in [-0.4, -0.2) is 18.4 Å². The lowest BCUT2D eigenvalue weighted by Gasteiger charge is -1.87. The van der Waals surface area contributed by atoms with Crippen LogP contribution < -0.4 is 0 Å². The van der Waals surface area contributed by atoms with Crippen LogP contribution in [0.4, 0.5) is 0 Å². The SMILES string of the molecule is O=S(=O)(Cl)c1cc2c(Cl)ncnc2s1. The van der Waals surface area contributed by atoms with Gasteiger partial charge in [0.05, 0.1) is 5.39 Å². The van der Waals surface area contributed by atoms with Crippen molar-refractivity contribution < 1.29 is 8.42 Å². The topological polar surface area (TPSA) is 59.9 Å². The smallest absolute Gasteiger partial charge is 0.225 e. The number of hydrogen-bond donors (Lipinski definition) is 0. The molecule has 14 heavy (non-hydrogen) atoms. The number of thiophene rings is 1. The molecule has 2 rings (SSSR count). The molecule has 0 aliphatic rings. The molecule has 8 heteroatoms. The van der Waals surface area contributed by atoms with Gasteiger partial charge in [-0.1, -0.05) is 11.6 Å². The molecule has 0 amide bonds. The first-order valence-corrected chi connectivity index (χ1v) is 6.83. The number of rotatable bonds is 1. The van der Waals surface area contributed by atoms with Crippen LogP contribution in [0.15, 0.2) is 16.6 Å². The molecule has 0 atom stereocenters. The maximum absolute atomic E-state index is 11.0. The molecule has 0 radical (unpaired) electrons. The van der Waals surface area contributed by atoms with E-state index in [1.807, 2.05) is 0 Å². The molecule has 4 nitrogen and oxygen atoms in total. The van der Waals surface area contributed by atoms with Gasteiger partial charge in [0, 0.05) is 10.7 Å². The minimum atomic E-state index is -3.72. The summed E-state index contributed by atoms with van der Waals surface area (Å²) < 4.78 is 22.0. The molecule has 0 aromatic carbocycles. The normalized spacial score (nSPS) is 12.1. The summed E-state index contributed by atoms with van der Waals surface area (Å²) in [4.78, 5) is 8.11. The zero-order chi connectivity index (χ0) is 10.3. The van der Waals surface area contributed by atoms with E-state index in [4.69, 9.17) is 22.3 Å². The summed E-state index contributed by atoms with van der Waals surface area (Å²) >= 11 is 6.70. The van der Waals surface area contributed by atoms with E-state index >= 15 is 0 Å². The van der Waals surface area contributed by atoms with Gasteiger partial charge in [-0.05, 0) is 6.07 Å². The molecule has 74 valence electrons. The van der Waals surface area contributed by atoms with E-state index in [1.165, 1.54) is 12.4 Å². The summed E-state index contributed by atoms with van der Waals surface area (Å²) in [7, 11) is 1.46. The van der Waals surface area contributed by atoms with Gasteiger partial charge in [0.1, 0.15) is 20.5 Å². The Kier molecular flexibility index (Phi) is 2.38. The van der Waals surface area contributed by atoms with Crippen molar-refractivity contribution in [2.45, 2.75) is 4.21 Å². The molecule has 0 fully saturated rings. The Bertz CT molecular complexity index is 593. The van der Waals surface area contributed by atoms with Crippen molar-refractivity contribution in [2.24, 2.45) is 0 Å². The fourth-order valence-electron chi connectivity index (χ4n) is 0.925. The third kappa shape index (κ3) is 1.70. The molecule has 0 saturated heterocycles. The lowest BCUT2D eigenvalue weighted by atomic mass is 10.4. The lowest BCUT2D eigenvalue weighted by Crippen LogP contribution is -1.83. The quantitative estimate of drug-likeness (QED) is 0.588. The van der Waals surface area contributed by atoms with Crippen molar-refractivity contribution in [2.75, 3.05) is 0 Å². The van der Waals surface area contributed by atoms with E-state index < -0.39 is 9.05 Å². The van der Waals surface area contributed by atoms with Crippen molar-refractivity contribution in [3.63, 3.8) is 0 Å². The van der Waals surface area contributed by atoms with Crippen molar-refractivity contribution in [3.05, 3.63) is 17.5 Å². The Morgan fingerprint density at radius 2 is 2.07 bits per heavy atom. The monoisotopic (exact) mass is 268 g/mol. The third-order valence-corrected chi connectivity index (χ3v) is 4.92. The summed E-state index contributed by atoms with van der Waals surface area (Å²) in [5.41, 5.74) is 0. The summed E-state index contributed by atoms with van der Waals surface area (Å²) in [5.74, 6) is 0. The van der Waals surface area contributed by atoms with Crippen LogP contribution in [0, 0.1) is 0 Å². The second kappa shape index (κ2) is 3.30. The van der Waals surface area contributed by atoms with Crippen LogP contribution in [-0.2, 0) is 9.05 Å². The highest BCUT2D eigenvalue weighted by atomic mass is 35.7. The first kappa shape index (κ1) is 10.1. The van der Waals surface area contributed by atoms with Crippen LogP contribution in [0.5, 0.6) is 0 Å². The predicted octanol–water partition coefficient (Wildman–Crippen LogP) is 2.27. The Balaban J connectivity index is 2.81. The molecule has 0 saturated carbocycles. The average molecular weight is 269 g/mol. The van der Waals surface area contributed by atoms with Gasteiger partial charge in [-0.2, -0.15) is 0 Å². The average Bonchev–Trinajstić information content (AvgIpc) is 2.48. The Labute approximate surface area is 92.9 Å². The summed E-state index contributed by atoms with van der Waals surface area (Å²) in [5, 5.41) is 0.719. The zero-order valence-corrected chi connectivity index (χ0v) is 9.58. The van der Waals surface area contributed by atoms with Crippen molar-refractivity contribution >= 4 is 52.9 Å². The van der Waals surface area contributed by atoms with Crippen LogP contribution in [0.2, 0.25) is 5.15 Å². The number of nitrogens with zero attached hydrogens (tertiary/aromatic N) is 2. The highest BCUT2D eigenvalue weighted by Gasteiger charge is 2.16. The van der Waals surface area contributed by atoms with Gasteiger partial charge in [0.15, 0.2) is 0 Å².